The number of nitrogens with one attached hydrogen (secondary N) is 1. The molecule has 0 bridgehead atoms. The van der Waals surface area contributed by atoms with Gasteiger partial charge in [0.15, 0.2) is 0 Å². The molecule has 21 heavy (non-hydrogen) atoms. The van der Waals surface area contributed by atoms with Crippen LogP contribution in [0.25, 0.3) is 0 Å². The smallest absolute Gasteiger partial charge is 0.338 e. The van der Waals surface area contributed by atoms with Crippen molar-refractivity contribution in [2.24, 2.45) is 16.7 Å². The molecule has 0 unspecified atom stereocenters. The van der Waals surface area contributed by atoms with Crippen LogP contribution in [0.4, 0.5) is 14.5 Å². The molecule has 114 valence electrons. The number of hydrogen-bond acceptors (Lipinski definition) is 2. The molecule has 4 nitrogen and oxygen atoms in total. The van der Waals surface area contributed by atoms with Crippen molar-refractivity contribution in [3.63, 3.8) is 0 Å². The number of amides is 1. The highest BCUT2D eigenvalue weighted by atomic mass is 19.1. The number of anilines is 1. The Bertz CT molecular complexity index is 624. The Morgan fingerprint density at radius 3 is 2.05 bits per heavy atom. The van der Waals surface area contributed by atoms with Gasteiger partial charge in [-0.05, 0) is 16.9 Å². The number of carboxylic acids is 1. The monoisotopic (exact) mass is 297 g/mol. The zero-order valence-electron chi connectivity index (χ0n) is 12.3. The van der Waals surface area contributed by atoms with Gasteiger partial charge in [0.2, 0.25) is 5.91 Å². The Hall–Kier alpha value is -1.98. The van der Waals surface area contributed by atoms with Gasteiger partial charge in [-0.1, -0.05) is 27.7 Å². The first kappa shape index (κ1) is 15.4. The van der Waals surface area contributed by atoms with E-state index in [1.54, 1.807) is 0 Å². The van der Waals surface area contributed by atoms with E-state index in [0.29, 0.717) is 6.07 Å². The lowest BCUT2D eigenvalue weighted by atomic mass is 10.0. The number of carboxylic acid groups (broad SMARTS) is 1. The molecular weight excluding hydrogens is 280 g/mol. The average molecular weight is 297 g/mol. The van der Waals surface area contributed by atoms with E-state index < -0.39 is 29.1 Å². The molecule has 1 saturated carbocycles. The number of rotatable bonds is 3. The molecule has 0 radical (unpaired) electrons. The van der Waals surface area contributed by atoms with Crippen molar-refractivity contribution in [2.45, 2.75) is 27.7 Å². The first-order chi connectivity index (χ1) is 9.50. The van der Waals surface area contributed by atoms with E-state index in [1.165, 1.54) is 0 Å². The molecule has 0 aliphatic heterocycles. The van der Waals surface area contributed by atoms with Gasteiger partial charge in [-0.3, -0.25) is 4.79 Å². The lowest BCUT2D eigenvalue weighted by molar-refractivity contribution is -0.118. The number of carbonyl (C=O) groups excluding carboxylic acids is 1. The van der Waals surface area contributed by atoms with Gasteiger partial charge in [-0.2, -0.15) is 0 Å². The first-order valence-corrected chi connectivity index (χ1v) is 6.53. The number of halogens is 2. The standard InChI is InChI=1S/C15H17F2NO3/c1-14(2)11(15(14,3)4)12(19)18-10-5-7(13(20)21)8(16)6-9(10)17/h5-6,11H,1-4H3,(H,18,19)(H,20,21). The summed E-state index contributed by atoms with van der Waals surface area (Å²) in [5, 5.41) is 11.2. The van der Waals surface area contributed by atoms with Crippen LogP contribution in [0, 0.1) is 28.4 Å². The molecule has 2 N–H and O–H groups in total. The summed E-state index contributed by atoms with van der Waals surface area (Å²) < 4.78 is 27.0. The lowest BCUT2D eigenvalue weighted by Crippen LogP contribution is -2.19. The molecule has 1 aliphatic rings. The van der Waals surface area contributed by atoms with Gasteiger partial charge in [0.1, 0.15) is 11.6 Å². The second kappa shape index (κ2) is 4.51. The molecule has 1 fully saturated rings. The minimum absolute atomic E-state index is 0.233. The van der Waals surface area contributed by atoms with E-state index in [9.17, 15) is 18.4 Å². The summed E-state index contributed by atoms with van der Waals surface area (Å²) in [4.78, 5) is 23.1. The van der Waals surface area contributed by atoms with Crippen molar-refractivity contribution >= 4 is 17.6 Å². The van der Waals surface area contributed by atoms with Crippen LogP contribution in [-0.2, 0) is 4.79 Å². The van der Waals surface area contributed by atoms with Crippen LogP contribution in [0.2, 0.25) is 0 Å². The summed E-state index contributed by atoms with van der Waals surface area (Å²) in [6.07, 6.45) is 0. The highest BCUT2D eigenvalue weighted by Crippen LogP contribution is 2.68. The molecule has 1 amide bonds. The molecule has 0 aromatic heterocycles. The van der Waals surface area contributed by atoms with Crippen molar-refractivity contribution < 1.29 is 23.5 Å². The zero-order valence-corrected chi connectivity index (χ0v) is 12.3. The minimum atomic E-state index is -1.52. The molecule has 2 rings (SSSR count). The van der Waals surface area contributed by atoms with Gasteiger partial charge in [0.25, 0.3) is 0 Å². The fourth-order valence-corrected chi connectivity index (χ4v) is 2.87. The van der Waals surface area contributed by atoms with Crippen LogP contribution in [-0.4, -0.2) is 17.0 Å². The van der Waals surface area contributed by atoms with Crippen molar-refractivity contribution in [3.05, 3.63) is 29.3 Å². The van der Waals surface area contributed by atoms with E-state index in [0.717, 1.165) is 6.07 Å². The third-order valence-electron chi connectivity index (χ3n) is 4.83. The highest BCUT2D eigenvalue weighted by molar-refractivity contribution is 5.97. The minimum Gasteiger partial charge on any atom is -0.478 e. The molecule has 1 aliphatic carbocycles. The largest absolute Gasteiger partial charge is 0.478 e. The fraction of sp³-hybridized carbons (Fsp3) is 0.467. The predicted molar refractivity (Wildman–Crippen MR) is 73.0 cm³/mol. The Balaban J connectivity index is 2.27. The van der Waals surface area contributed by atoms with Crippen molar-refractivity contribution in [1.29, 1.82) is 0 Å². The Kier molecular flexibility index (Phi) is 3.31. The lowest BCUT2D eigenvalue weighted by Gasteiger charge is -2.09. The summed E-state index contributed by atoms with van der Waals surface area (Å²) in [5.41, 5.74) is -1.47. The van der Waals surface area contributed by atoms with Gasteiger partial charge in [0, 0.05) is 12.0 Å². The normalized spacial score (nSPS) is 19.1. The SMILES string of the molecule is CC1(C)C(C(=O)Nc2cc(C(=O)O)c(F)cc2F)C1(C)C. The van der Waals surface area contributed by atoms with Crippen LogP contribution >= 0.6 is 0 Å². The first-order valence-electron chi connectivity index (χ1n) is 6.53. The van der Waals surface area contributed by atoms with Crippen molar-refractivity contribution in [3.8, 4) is 0 Å². The molecule has 0 spiro atoms. The van der Waals surface area contributed by atoms with Crippen LogP contribution in [0.15, 0.2) is 12.1 Å². The van der Waals surface area contributed by atoms with Crippen LogP contribution < -0.4 is 5.32 Å². The van der Waals surface area contributed by atoms with Gasteiger partial charge >= 0.3 is 5.97 Å². The third-order valence-corrected chi connectivity index (χ3v) is 4.83. The molecule has 0 heterocycles. The summed E-state index contributed by atoms with van der Waals surface area (Å²) in [5.74, 6) is -4.41. The quantitative estimate of drug-likeness (QED) is 0.899. The Morgan fingerprint density at radius 1 is 1.10 bits per heavy atom. The highest BCUT2D eigenvalue weighted by Gasteiger charge is 2.68. The maximum absolute atomic E-state index is 13.7. The summed E-state index contributed by atoms with van der Waals surface area (Å²) in [7, 11) is 0. The number of hydrogen-bond donors (Lipinski definition) is 2. The number of aromatic carboxylic acids is 1. The molecule has 0 atom stereocenters. The van der Waals surface area contributed by atoms with Gasteiger partial charge in [-0.15, -0.1) is 0 Å². The van der Waals surface area contributed by atoms with E-state index in [2.05, 4.69) is 5.32 Å². The van der Waals surface area contributed by atoms with Crippen molar-refractivity contribution in [2.75, 3.05) is 5.32 Å². The van der Waals surface area contributed by atoms with E-state index in [1.807, 2.05) is 27.7 Å². The molecule has 0 saturated heterocycles. The third kappa shape index (κ3) is 2.28. The van der Waals surface area contributed by atoms with E-state index in [4.69, 9.17) is 5.11 Å². The van der Waals surface area contributed by atoms with Gasteiger partial charge < -0.3 is 10.4 Å². The summed E-state index contributed by atoms with van der Waals surface area (Å²) >= 11 is 0. The molecule has 1 aromatic carbocycles. The van der Waals surface area contributed by atoms with E-state index >= 15 is 0 Å². The van der Waals surface area contributed by atoms with E-state index in [-0.39, 0.29) is 22.4 Å². The van der Waals surface area contributed by atoms with Gasteiger partial charge in [-0.25, -0.2) is 13.6 Å². The van der Waals surface area contributed by atoms with Crippen LogP contribution in [0.5, 0.6) is 0 Å². The number of carbonyl (C=O) groups is 2. The summed E-state index contributed by atoms with van der Waals surface area (Å²) in [6.45, 7) is 7.73. The number of benzene rings is 1. The predicted octanol–water partition coefficient (Wildman–Crippen LogP) is 3.28. The zero-order chi connectivity index (χ0) is 16.2. The fourth-order valence-electron chi connectivity index (χ4n) is 2.87. The molecular formula is C15H17F2NO3. The van der Waals surface area contributed by atoms with Crippen LogP contribution in [0.3, 0.4) is 0 Å². The maximum atomic E-state index is 13.7. The van der Waals surface area contributed by atoms with Gasteiger partial charge in [0.05, 0.1) is 11.3 Å². The second-order valence-corrected chi connectivity index (χ2v) is 6.48. The van der Waals surface area contributed by atoms with Crippen molar-refractivity contribution in [1.82, 2.24) is 0 Å². The summed E-state index contributed by atoms with van der Waals surface area (Å²) in [6, 6.07) is 1.26. The Labute approximate surface area is 121 Å². The second-order valence-electron chi connectivity index (χ2n) is 6.48. The topological polar surface area (TPSA) is 66.4 Å². The Morgan fingerprint density at radius 2 is 1.62 bits per heavy atom. The molecule has 6 heteroatoms. The average Bonchev–Trinajstić information content (AvgIpc) is 2.72. The maximum Gasteiger partial charge on any atom is 0.338 e. The van der Waals surface area contributed by atoms with Crippen LogP contribution in [0.1, 0.15) is 38.1 Å². The molecule has 1 aromatic rings.